The predicted octanol–water partition coefficient (Wildman–Crippen LogP) is 4.55. The highest BCUT2D eigenvalue weighted by Crippen LogP contribution is 2.46. The van der Waals surface area contributed by atoms with Gasteiger partial charge in [0, 0.05) is 20.8 Å². The minimum Gasteiger partial charge on any atom is -0.489 e. The molecule has 0 atom stereocenters. The van der Waals surface area contributed by atoms with Gasteiger partial charge < -0.3 is 19.5 Å². The lowest BCUT2D eigenvalue weighted by atomic mass is 9.80. The fourth-order valence-electron chi connectivity index (χ4n) is 3.67. The number of hydrogen-bond acceptors (Lipinski definition) is 4. The van der Waals surface area contributed by atoms with E-state index in [1.165, 1.54) is 12.0 Å². The molecule has 0 amide bonds. The quantitative estimate of drug-likeness (QED) is 0.823. The van der Waals surface area contributed by atoms with Gasteiger partial charge in [-0.25, -0.2) is 0 Å². The summed E-state index contributed by atoms with van der Waals surface area (Å²) in [6.07, 6.45) is 5.46. The van der Waals surface area contributed by atoms with Crippen LogP contribution in [0.25, 0.3) is 0 Å². The van der Waals surface area contributed by atoms with Crippen molar-refractivity contribution in [3.8, 4) is 5.75 Å². The average molecular weight is 321 g/mol. The summed E-state index contributed by atoms with van der Waals surface area (Å²) in [6.45, 7) is 7.40. The molecule has 1 spiro atoms. The minimum absolute atomic E-state index is 0. The first-order valence-corrected chi connectivity index (χ1v) is 9.05. The molecule has 3 aliphatic rings. The largest absolute Gasteiger partial charge is 0.489 e. The third-order valence-electron chi connectivity index (χ3n) is 4.71. The van der Waals surface area contributed by atoms with E-state index in [0.717, 1.165) is 63.5 Å². The lowest BCUT2D eigenvalue weighted by Crippen LogP contribution is -2.34. The summed E-state index contributed by atoms with van der Waals surface area (Å²) in [6, 6.07) is 6.44. The normalized spacial score (nSPS) is 22.5. The highest BCUT2D eigenvalue weighted by molar-refractivity contribution is 5.62. The molecule has 2 heterocycles. The standard InChI is InChI=1S/C16H21NO3.C3H8.H2/c1-2-13(15-14(3-1)17-8-9-18-15)12-4-6-16(7-5-12)19-10-11-20-16;1-3-2;/h1-3,12,17H,4-11H2;3H2,1-2H3;1H. The Hall–Kier alpha value is -1.26. The zero-order valence-corrected chi connectivity index (χ0v) is 14.4. The topological polar surface area (TPSA) is 39.7 Å². The molecule has 1 N–H and O–H groups in total. The van der Waals surface area contributed by atoms with Gasteiger partial charge in [-0.05, 0) is 30.4 Å². The first-order chi connectivity index (χ1) is 11.3. The highest BCUT2D eigenvalue weighted by Gasteiger charge is 2.41. The lowest BCUT2D eigenvalue weighted by Gasteiger charge is -2.36. The van der Waals surface area contributed by atoms with E-state index < -0.39 is 0 Å². The summed E-state index contributed by atoms with van der Waals surface area (Å²) < 4.78 is 17.5. The maximum atomic E-state index is 5.90. The van der Waals surface area contributed by atoms with Crippen molar-refractivity contribution in [2.24, 2.45) is 0 Å². The van der Waals surface area contributed by atoms with Gasteiger partial charge in [-0.2, -0.15) is 0 Å². The summed E-state index contributed by atoms with van der Waals surface area (Å²) in [4.78, 5) is 0. The number of ether oxygens (including phenoxy) is 3. The molecule has 1 saturated heterocycles. The third kappa shape index (κ3) is 3.64. The molecular weight excluding hydrogens is 290 g/mol. The monoisotopic (exact) mass is 321 g/mol. The lowest BCUT2D eigenvalue weighted by molar-refractivity contribution is -0.178. The fraction of sp³-hybridized carbons (Fsp3) is 0.684. The van der Waals surface area contributed by atoms with Gasteiger partial charge in [-0.3, -0.25) is 0 Å². The van der Waals surface area contributed by atoms with Gasteiger partial charge in [0.2, 0.25) is 0 Å². The molecule has 0 bridgehead atoms. The van der Waals surface area contributed by atoms with Gasteiger partial charge in [0.05, 0.1) is 18.9 Å². The number of fused-ring (bicyclic) bond motifs is 1. The van der Waals surface area contributed by atoms with Crippen molar-refractivity contribution in [1.29, 1.82) is 0 Å². The molecule has 4 rings (SSSR count). The van der Waals surface area contributed by atoms with Crippen LogP contribution in [0.4, 0.5) is 5.69 Å². The van der Waals surface area contributed by atoms with E-state index in [1.54, 1.807) is 0 Å². The van der Waals surface area contributed by atoms with E-state index in [-0.39, 0.29) is 7.21 Å². The van der Waals surface area contributed by atoms with Crippen molar-refractivity contribution < 1.29 is 15.6 Å². The molecule has 4 heteroatoms. The molecule has 1 aromatic rings. The van der Waals surface area contributed by atoms with Crippen LogP contribution in [0.2, 0.25) is 0 Å². The summed E-state index contributed by atoms with van der Waals surface area (Å²) in [5.41, 5.74) is 2.49. The van der Waals surface area contributed by atoms with E-state index in [0.29, 0.717) is 5.92 Å². The van der Waals surface area contributed by atoms with E-state index >= 15 is 0 Å². The Morgan fingerprint density at radius 3 is 2.52 bits per heavy atom. The number of para-hydroxylation sites is 1. The van der Waals surface area contributed by atoms with Crippen molar-refractivity contribution in [3.63, 3.8) is 0 Å². The molecule has 0 radical (unpaired) electrons. The number of rotatable bonds is 1. The SMILES string of the molecule is CCC.[HH].c1cc2c(c(C3CCC4(CC3)OCCO4)c1)OCCN2. The molecule has 1 aliphatic carbocycles. The van der Waals surface area contributed by atoms with Gasteiger partial charge in [-0.15, -0.1) is 0 Å². The van der Waals surface area contributed by atoms with Crippen molar-refractivity contribution >= 4 is 5.69 Å². The first-order valence-electron chi connectivity index (χ1n) is 9.05. The molecule has 2 fully saturated rings. The second-order valence-corrected chi connectivity index (χ2v) is 6.59. The molecule has 0 unspecified atom stereocenters. The minimum atomic E-state index is -0.273. The van der Waals surface area contributed by atoms with E-state index in [4.69, 9.17) is 14.2 Å². The van der Waals surface area contributed by atoms with Gasteiger partial charge in [-0.1, -0.05) is 32.4 Å². The number of benzene rings is 1. The Balaban J connectivity index is 0.000000487. The highest BCUT2D eigenvalue weighted by atomic mass is 16.7. The maximum Gasteiger partial charge on any atom is 0.168 e. The van der Waals surface area contributed by atoms with Crippen LogP contribution in [-0.2, 0) is 9.47 Å². The molecule has 1 saturated carbocycles. The van der Waals surface area contributed by atoms with E-state index in [9.17, 15) is 0 Å². The Morgan fingerprint density at radius 2 is 1.83 bits per heavy atom. The first kappa shape index (κ1) is 16.6. The van der Waals surface area contributed by atoms with Gasteiger partial charge in [0.25, 0.3) is 0 Å². The Kier molecular flexibility index (Phi) is 5.44. The molecule has 0 aromatic heterocycles. The van der Waals surface area contributed by atoms with Crippen LogP contribution < -0.4 is 10.1 Å². The van der Waals surface area contributed by atoms with Gasteiger partial charge in [0.1, 0.15) is 12.4 Å². The van der Waals surface area contributed by atoms with Crippen LogP contribution in [-0.4, -0.2) is 32.2 Å². The third-order valence-corrected chi connectivity index (χ3v) is 4.71. The summed E-state index contributed by atoms with van der Waals surface area (Å²) in [5.74, 6) is 1.35. The van der Waals surface area contributed by atoms with Crippen LogP contribution in [0.15, 0.2) is 18.2 Å². The molecule has 130 valence electrons. The van der Waals surface area contributed by atoms with Crippen LogP contribution in [0, 0.1) is 0 Å². The summed E-state index contributed by atoms with van der Waals surface area (Å²) >= 11 is 0. The number of hydrogen-bond donors (Lipinski definition) is 1. The zero-order chi connectivity index (χ0) is 16.1. The fourth-order valence-corrected chi connectivity index (χ4v) is 3.67. The molecule has 4 nitrogen and oxygen atoms in total. The molecule has 2 aliphatic heterocycles. The Bertz CT molecular complexity index is 507. The average Bonchev–Trinajstić information content (AvgIpc) is 3.04. The van der Waals surface area contributed by atoms with E-state index in [2.05, 4.69) is 37.4 Å². The number of nitrogens with one attached hydrogen (secondary N) is 1. The predicted molar refractivity (Wildman–Crippen MR) is 94.3 cm³/mol. The number of anilines is 1. The van der Waals surface area contributed by atoms with Crippen molar-refractivity contribution in [1.82, 2.24) is 0 Å². The van der Waals surface area contributed by atoms with Crippen molar-refractivity contribution in [2.75, 3.05) is 31.7 Å². The van der Waals surface area contributed by atoms with Crippen molar-refractivity contribution in [2.45, 2.75) is 57.7 Å². The Labute approximate surface area is 141 Å². The molecular formula is C19H31NO3. The summed E-state index contributed by atoms with van der Waals surface area (Å²) in [7, 11) is 0. The van der Waals surface area contributed by atoms with Gasteiger partial charge >= 0.3 is 0 Å². The Morgan fingerprint density at radius 1 is 1.13 bits per heavy atom. The zero-order valence-electron chi connectivity index (χ0n) is 14.4. The summed E-state index contributed by atoms with van der Waals surface area (Å²) in [5, 5.41) is 3.42. The van der Waals surface area contributed by atoms with Crippen LogP contribution in [0.3, 0.4) is 0 Å². The smallest absolute Gasteiger partial charge is 0.168 e. The molecule has 23 heavy (non-hydrogen) atoms. The van der Waals surface area contributed by atoms with Crippen LogP contribution >= 0.6 is 0 Å². The second-order valence-electron chi connectivity index (χ2n) is 6.59. The van der Waals surface area contributed by atoms with Gasteiger partial charge in [0.15, 0.2) is 5.79 Å². The maximum absolute atomic E-state index is 5.90. The van der Waals surface area contributed by atoms with E-state index in [1.807, 2.05) is 0 Å². The molecule has 1 aromatic carbocycles. The van der Waals surface area contributed by atoms with Crippen molar-refractivity contribution in [3.05, 3.63) is 23.8 Å². The van der Waals surface area contributed by atoms with Crippen LogP contribution in [0.1, 0.15) is 58.9 Å². The van der Waals surface area contributed by atoms with Crippen LogP contribution in [0.5, 0.6) is 5.75 Å². The second kappa shape index (κ2) is 7.54.